The second kappa shape index (κ2) is 6.49. The Hall–Kier alpha value is 0.983. The predicted molar refractivity (Wildman–Crippen MR) is 38.7 cm³/mol. The first-order valence-electron chi connectivity index (χ1n) is 1.86. The minimum atomic E-state index is -3.29. The fourth-order valence-electron chi connectivity index (χ4n) is 0. The van der Waals surface area contributed by atoms with Crippen molar-refractivity contribution in [2.45, 2.75) is 0 Å². The summed E-state index contributed by atoms with van der Waals surface area (Å²) in [6.07, 6.45) is 0. The van der Waals surface area contributed by atoms with E-state index >= 15 is 0 Å². The standard InChI is InChI=1S/C2H2O4.4ClH.Zr/c3-1(4)2(5)6;;;;;/h(H,3,4)(H,5,6);4*1H;/q;;;;;+4/p-4. The number of aliphatic carboxylic acids is 2. The molecular weight excluding hydrogens is 321 g/mol. The predicted octanol–water partition coefficient (Wildman–Crippen LogP) is 1.91. The molecule has 0 atom stereocenters. The van der Waals surface area contributed by atoms with Crippen molar-refractivity contribution in [2.24, 2.45) is 0 Å². The van der Waals surface area contributed by atoms with E-state index in [0.29, 0.717) is 0 Å². The van der Waals surface area contributed by atoms with Gasteiger partial charge in [-0.15, -0.1) is 0 Å². The van der Waals surface area contributed by atoms with Gasteiger partial charge in [0.1, 0.15) is 0 Å². The molecule has 0 aromatic heterocycles. The fraction of sp³-hybridized carbons (Fsp3) is 0. The monoisotopic (exact) mass is 320 g/mol. The van der Waals surface area contributed by atoms with E-state index in [-0.39, 0.29) is 0 Å². The Morgan fingerprint density at radius 3 is 1.00 bits per heavy atom. The summed E-state index contributed by atoms with van der Waals surface area (Å²) in [4.78, 5) is 18.2. The molecule has 0 amide bonds. The van der Waals surface area contributed by atoms with Gasteiger partial charge in [0.15, 0.2) is 0 Å². The molecule has 0 saturated heterocycles. The first-order valence-corrected chi connectivity index (χ1v) is 14.5. The number of rotatable bonds is 0. The first-order chi connectivity index (χ1) is 4.64. The number of carboxylic acid groups (broad SMARTS) is 2. The molecule has 0 spiro atoms. The van der Waals surface area contributed by atoms with Crippen LogP contribution in [0.5, 0.6) is 0 Å². The van der Waals surface area contributed by atoms with Gasteiger partial charge in [0.25, 0.3) is 0 Å². The maximum absolute atomic E-state index is 9.10. The molecule has 0 radical (unpaired) electrons. The third-order valence-electron chi connectivity index (χ3n) is 0.183. The van der Waals surface area contributed by atoms with Crippen molar-refractivity contribution in [3.05, 3.63) is 0 Å². The van der Waals surface area contributed by atoms with Crippen LogP contribution in [0.25, 0.3) is 0 Å². The summed E-state index contributed by atoms with van der Waals surface area (Å²) in [5.74, 6) is -3.65. The third kappa shape index (κ3) is 35.7. The van der Waals surface area contributed by atoms with Gasteiger partial charge in [0.2, 0.25) is 0 Å². The van der Waals surface area contributed by atoms with Crippen molar-refractivity contribution < 1.29 is 35.3 Å². The molecule has 11 heavy (non-hydrogen) atoms. The molecule has 4 nitrogen and oxygen atoms in total. The zero-order valence-electron chi connectivity index (χ0n) is 4.72. The molecule has 0 heterocycles. The van der Waals surface area contributed by atoms with Crippen LogP contribution in [0.3, 0.4) is 0 Å². The molecule has 0 aliphatic rings. The summed E-state index contributed by atoms with van der Waals surface area (Å²) in [5, 5.41) is 14.8. The number of hydrogen-bond donors (Lipinski definition) is 2. The summed E-state index contributed by atoms with van der Waals surface area (Å²) in [5.41, 5.74) is 0. The summed E-state index contributed by atoms with van der Waals surface area (Å²) >= 11 is -3.29. The van der Waals surface area contributed by atoms with Crippen LogP contribution in [0.15, 0.2) is 0 Å². The van der Waals surface area contributed by atoms with Crippen molar-refractivity contribution in [3.8, 4) is 0 Å². The molecule has 0 fully saturated rings. The number of carbonyl (C=O) groups is 2. The van der Waals surface area contributed by atoms with Gasteiger partial charge in [0.05, 0.1) is 0 Å². The van der Waals surface area contributed by atoms with Crippen molar-refractivity contribution in [1.82, 2.24) is 0 Å². The van der Waals surface area contributed by atoms with E-state index in [1.165, 1.54) is 0 Å². The Morgan fingerprint density at radius 1 is 0.909 bits per heavy atom. The van der Waals surface area contributed by atoms with E-state index in [9.17, 15) is 0 Å². The molecule has 0 aliphatic carbocycles. The Kier molecular flexibility index (Phi) is 8.56. The van der Waals surface area contributed by atoms with Gasteiger partial charge in [-0.2, -0.15) is 0 Å². The average Bonchev–Trinajstić information content (AvgIpc) is 1.59. The molecule has 0 bridgehead atoms. The van der Waals surface area contributed by atoms with E-state index in [1.54, 1.807) is 0 Å². The van der Waals surface area contributed by atoms with E-state index in [2.05, 4.69) is 0 Å². The summed E-state index contributed by atoms with van der Waals surface area (Å²) in [6.45, 7) is 0. The van der Waals surface area contributed by atoms with Crippen molar-refractivity contribution >= 4 is 46.0 Å². The quantitative estimate of drug-likeness (QED) is 0.668. The van der Waals surface area contributed by atoms with Gasteiger partial charge in [-0.25, -0.2) is 9.59 Å². The maximum atomic E-state index is 9.10. The Bertz CT molecular complexity index is 135. The van der Waals surface area contributed by atoms with Crippen LogP contribution in [0, 0.1) is 0 Å². The molecular formula is C2H2Cl4O4Zr. The summed E-state index contributed by atoms with van der Waals surface area (Å²) in [6, 6.07) is 0. The van der Waals surface area contributed by atoms with Crippen LogP contribution in [-0.2, 0) is 25.1 Å². The summed E-state index contributed by atoms with van der Waals surface area (Å²) < 4.78 is 0. The zero-order chi connectivity index (χ0) is 9.65. The van der Waals surface area contributed by atoms with E-state index in [1.807, 2.05) is 0 Å². The van der Waals surface area contributed by atoms with Gasteiger partial charge in [-0.05, 0) is 0 Å². The number of hydrogen-bond acceptors (Lipinski definition) is 2. The molecule has 0 aromatic carbocycles. The normalized spacial score (nSPS) is 9.45. The van der Waals surface area contributed by atoms with Crippen LogP contribution in [-0.4, -0.2) is 22.2 Å². The van der Waals surface area contributed by atoms with Gasteiger partial charge >= 0.3 is 61.5 Å². The van der Waals surface area contributed by atoms with Crippen LogP contribution in [0.2, 0.25) is 0 Å². The topological polar surface area (TPSA) is 74.6 Å². The summed E-state index contributed by atoms with van der Waals surface area (Å²) in [7, 11) is 20.1. The minimum absolute atomic E-state index is 1.82. The second-order valence-corrected chi connectivity index (χ2v) is 23.4. The van der Waals surface area contributed by atoms with Crippen LogP contribution < -0.4 is 0 Å². The second-order valence-electron chi connectivity index (χ2n) is 1.04. The van der Waals surface area contributed by atoms with Crippen LogP contribution in [0.1, 0.15) is 0 Å². The van der Waals surface area contributed by atoms with Crippen molar-refractivity contribution in [2.75, 3.05) is 0 Å². The number of carboxylic acids is 2. The Labute approximate surface area is 80.6 Å². The zero-order valence-corrected chi connectivity index (χ0v) is 10.2. The molecule has 9 heteroatoms. The number of halogens is 4. The van der Waals surface area contributed by atoms with Gasteiger partial charge in [-0.1, -0.05) is 0 Å². The molecule has 2 N–H and O–H groups in total. The molecule has 0 unspecified atom stereocenters. The molecule has 66 valence electrons. The third-order valence-corrected chi connectivity index (χ3v) is 0.183. The molecule has 0 aromatic rings. The first kappa shape index (κ1) is 14.5. The fourth-order valence-corrected chi connectivity index (χ4v) is 0. The van der Waals surface area contributed by atoms with Crippen LogP contribution >= 0.6 is 34.1 Å². The van der Waals surface area contributed by atoms with E-state index in [4.69, 9.17) is 53.9 Å². The Balaban J connectivity index is 0. The molecule has 0 aliphatic heterocycles. The van der Waals surface area contributed by atoms with Crippen molar-refractivity contribution in [1.29, 1.82) is 0 Å². The molecule has 0 saturated carbocycles. The van der Waals surface area contributed by atoms with Gasteiger partial charge in [0, 0.05) is 0 Å². The van der Waals surface area contributed by atoms with Gasteiger partial charge < -0.3 is 10.2 Å². The van der Waals surface area contributed by atoms with Gasteiger partial charge in [-0.3, -0.25) is 0 Å². The van der Waals surface area contributed by atoms with Crippen LogP contribution in [0.4, 0.5) is 0 Å². The van der Waals surface area contributed by atoms with E-state index in [0.717, 1.165) is 0 Å². The van der Waals surface area contributed by atoms with E-state index < -0.39 is 27.4 Å². The Morgan fingerprint density at radius 2 is 1.00 bits per heavy atom. The SMILES string of the molecule is O=C(O)C(=O)O.[Cl][Zr]([Cl])([Cl])[Cl]. The molecule has 0 rings (SSSR count). The van der Waals surface area contributed by atoms with Crippen molar-refractivity contribution in [3.63, 3.8) is 0 Å². The average molecular weight is 323 g/mol.